The van der Waals surface area contributed by atoms with Crippen molar-refractivity contribution in [1.82, 2.24) is 10.2 Å². The topological polar surface area (TPSA) is 49.4 Å². The number of hydrogen-bond donors (Lipinski definition) is 1. The molecule has 2 aliphatic rings. The fourth-order valence-electron chi connectivity index (χ4n) is 3.63. The SMILES string of the molecule is O=C(NCc1ccc(C2CC2)cc1)C1CCCN1C(=O)Cc1cccs1. The molecule has 1 aliphatic carbocycles. The van der Waals surface area contributed by atoms with Gasteiger partial charge in [0.05, 0.1) is 6.42 Å². The highest BCUT2D eigenvalue weighted by molar-refractivity contribution is 7.10. The normalized spacial score (nSPS) is 19.5. The lowest BCUT2D eigenvalue weighted by Crippen LogP contribution is -2.46. The predicted octanol–water partition coefficient (Wildman–Crippen LogP) is 3.48. The number of amides is 2. The summed E-state index contributed by atoms with van der Waals surface area (Å²) in [6, 6.07) is 12.1. The van der Waals surface area contributed by atoms with Gasteiger partial charge in [-0.25, -0.2) is 0 Å². The molecular weight excluding hydrogens is 344 g/mol. The van der Waals surface area contributed by atoms with Gasteiger partial charge in [-0.15, -0.1) is 11.3 Å². The fourth-order valence-corrected chi connectivity index (χ4v) is 4.33. The minimum atomic E-state index is -0.326. The van der Waals surface area contributed by atoms with E-state index in [4.69, 9.17) is 0 Å². The van der Waals surface area contributed by atoms with E-state index in [0.29, 0.717) is 19.5 Å². The van der Waals surface area contributed by atoms with Gasteiger partial charge < -0.3 is 10.2 Å². The molecule has 2 fully saturated rings. The Balaban J connectivity index is 1.31. The minimum Gasteiger partial charge on any atom is -0.350 e. The van der Waals surface area contributed by atoms with Crippen LogP contribution in [0, 0.1) is 0 Å². The average Bonchev–Trinajstić information content (AvgIpc) is 3.16. The van der Waals surface area contributed by atoms with Gasteiger partial charge in [-0.05, 0) is 54.2 Å². The number of carbonyl (C=O) groups is 2. The highest BCUT2D eigenvalue weighted by Crippen LogP contribution is 2.39. The summed E-state index contributed by atoms with van der Waals surface area (Å²) >= 11 is 1.59. The minimum absolute atomic E-state index is 0.0340. The largest absolute Gasteiger partial charge is 0.350 e. The van der Waals surface area contributed by atoms with Crippen LogP contribution in [0.4, 0.5) is 0 Å². The van der Waals surface area contributed by atoms with E-state index in [1.165, 1.54) is 18.4 Å². The summed E-state index contributed by atoms with van der Waals surface area (Å²) in [4.78, 5) is 28.0. The molecule has 5 heteroatoms. The van der Waals surface area contributed by atoms with Gasteiger partial charge in [0.1, 0.15) is 6.04 Å². The summed E-state index contributed by atoms with van der Waals surface area (Å²) < 4.78 is 0. The van der Waals surface area contributed by atoms with Gasteiger partial charge in [0.15, 0.2) is 0 Å². The molecule has 2 amide bonds. The van der Waals surface area contributed by atoms with E-state index in [9.17, 15) is 9.59 Å². The van der Waals surface area contributed by atoms with Gasteiger partial charge in [-0.2, -0.15) is 0 Å². The van der Waals surface area contributed by atoms with Crippen molar-refractivity contribution < 1.29 is 9.59 Å². The molecule has 1 N–H and O–H groups in total. The quantitative estimate of drug-likeness (QED) is 0.849. The fraction of sp³-hybridized carbons (Fsp3) is 0.429. The van der Waals surface area contributed by atoms with E-state index in [1.54, 1.807) is 16.2 Å². The van der Waals surface area contributed by atoms with Gasteiger partial charge in [-0.3, -0.25) is 9.59 Å². The summed E-state index contributed by atoms with van der Waals surface area (Å²) in [7, 11) is 0. The van der Waals surface area contributed by atoms with Crippen molar-refractivity contribution in [1.29, 1.82) is 0 Å². The molecule has 4 nitrogen and oxygen atoms in total. The molecule has 1 atom stereocenters. The van der Waals surface area contributed by atoms with Gasteiger partial charge >= 0.3 is 0 Å². The lowest BCUT2D eigenvalue weighted by atomic mass is 10.1. The molecule has 4 rings (SSSR count). The van der Waals surface area contributed by atoms with Crippen LogP contribution in [-0.4, -0.2) is 29.3 Å². The van der Waals surface area contributed by atoms with Crippen LogP contribution in [0.15, 0.2) is 41.8 Å². The van der Waals surface area contributed by atoms with E-state index in [1.807, 2.05) is 17.5 Å². The summed E-state index contributed by atoms with van der Waals surface area (Å²) in [6.45, 7) is 1.20. The summed E-state index contributed by atoms with van der Waals surface area (Å²) in [5, 5.41) is 5.00. The molecule has 136 valence electrons. The smallest absolute Gasteiger partial charge is 0.243 e. The molecule has 1 saturated carbocycles. The van der Waals surface area contributed by atoms with Gasteiger partial charge in [0.2, 0.25) is 11.8 Å². The Morgan fingerprint density at radius 2 is 1.92 bits per heavy atom. The number of rotatable bonds is 6. The first kappa shape index (κ1) is 17.3. The zero-order valence-electron chi connectivity index (χ0n) is 14.8. The molecule has 0 spiro atoms. The molecule has 1 aliphatic heterocycles. The molecule has 1 aromatic carbocycles. The second kappa shape index (κ2) is 7.62. The summed E-state index contributed by atoms with van der Waals surface area (Å²) in [5.41, 5.74) is 2.51. The lowest BCUT2D eigenvalue weighted by molar-refractivity contribution is -0.138. The first-order valence-electron chi connectivity index (χ1n) is 9.39. The van der Waals surface area contributed by atoms with Crippen molar-refractivity contribution in [3.05, 3.63) is 57.8 Å². The Hall–Kier alpha value is -2.14. The van der Waals surface area contributed by atoms with Crippen molar-refractivity contribution in [3.63, 3.8) is 0 Å². The predicted molar refractivity (Wildman–Crippen MR) is 103 cm³/mol. The number of nitrogens with zero attached hydrogens (tertiary/aromatic N) is 1. The molecular formula is C21H24N2O2S. The van der Waals surface area contributed by atoms with Gasteiger partial charge in [0.25, 0.3) is 0 Å². The molecule has 0 bridgehead atoms. The van der Waals surface area contributed by atoms with Crippen LogP contribution in [-0.2, 0) is 22.6 Å². The average molecular weight is 369 g/mol. The number of likely N-dealkylation sites (tertiary alicyclic amines) is 1. The van der Waals surface area contributed by atoms with Crippen LogP contribution in [0.25, 0.3) is 0 Å². The number of thiophene rings is 1. The Morgan fingerprint density at radius 3 is 2.62 bits per heavy atom. The zero-order valence-corrected chi connectivity index (χ0v) is 15.6. The van der Waals surface area contributed by atoms with Crippen molar-refractivity contribution in [2.45, 2.75) is 50.6 Å². The Morgan fingerprint density at radius 1 is 1.12 bits per heavy atom. The van der Waals surface area contributed by atoms with Crippen LogP contribution in [0.5, 0.6) is 0 Å². The number of nitrogens with one attached hydrogen (secondary N) is 1. The first-order chi connectivity index (χ1) is 12.7. The van der Waals surface area contributed by atoms with Crippen LogP contribution in [0.2, 0.25) is 0 Å². The third-order valence-electron chi connectivity index (χ3n) is 5.28. The van der Waals surface area contributed by atoms with Crippen LogP contribution in [0.1, 0.15) is 47.6 Å². The van der Waals surface area contributed by atoms with Crippen molar-refractivity contribution in [2.24, 2.45) is 0 Å². The standard InChI is InChI=1S/C21H24N2O2S/c24-20(13-18-3-2-12-26-18)23-11-1-4-19(23)21(25)22-14-15-5-7-16(8-6-15)17-9-10-17/h2-3,5-8,12,17,19H,1,4,9-11,13-14H2,(H,22,25). The Bertz CT molecular complexity index is 766. The van der Waals surface area contributed by atoms with Crippen LogP contribution in [0.3, 0.4) is 0 Å². The van der Waals surface area contributed by atoms with Gasteiger partial charge in [-0.1, -0.05) is 30.3 Å². The van der Waals surface area contributed by atoms with Crippen molar-refractivity contribution in [2.75, 3.05) is 6.54 Å². The zero-order chi connectivity index (χ0) is 17.9. The third-order valence-corrected chi connectivity index (χ3v) is 6.15. The van der Waals surface area contributed by atoms with E-state index in [-0.39, 0.29) is 17.9 Å². The highest BCUT2D eigenvalue weighted by atomic mass is 32.1. The maximum atomic E-state index is 12.6. The molecule has 2 aromatic rings. The molecule has 26 heavy (non-hydrogen) atoms. The van der Waals surface area contributed by atoms with E-state index < -0.39 is 0 Å². The molecule has 2 heterocycles. The Labute approximate surface area is 158 Å². The summed E-state index contributed by atoms with van der Waals surface area (Å²) in [5.74, 6) is 0.771. The van der Waals surface area contributed by atoms with Gasteiger partial charge in [0, 0.05) is 18.0 Å². The van der Waals surface area contributed by atoms with E-state index in [2.05, 4.69) is 29.6 Å². The maximum absolute atomic E-state index is 12.6. The second-order valence-electron chi connectivity index (χ2n) is 7.23. The molecule has 1 saturated heterocycles. The van der Waals surface area contributed by atoms with Crippen molar-refractivity contribution in [3.8, 4) is 0 Å². The molecule has 1 aromatic heterocycles. The number of benzene rings is 1. The second-order valence-corrected chi connectivity index (χ2v) is 8.27. The lowest BCUT2D eigenvalue weighted by Gasteiger charge is -2.24. The highest BCUT2D eigenvalue weighted by Gasteiger charge is 2.33. The maximum Gasteiger partial charge on any atom is 0.243 e. The first-order valence-corrected chi connectivity index (χ1v) is 10.3. The van der Waals surface area contributed by atoms with Crippen LogP contribution >= 0.6 is 11.3 Å². The summed E-state index contributed by atoms with van der Waals surface area (Å²) in [6.07, 6.45) is 4.64. The monoisotopic (exact) mass is 368 g/mol. The Kier molecular flexibility index (Phi) is 5.07. The number of carbonyl (C=O) groups excluding carboxylic acids is 2. The van der Waals surface area contributed by atoms with E-state index in [0.717, 1.165) is 29.2 Å². The number of hydrogen-bond acceptors (Lipinski definition) is 3. The third kappa shape index (κ3) is 3.98. The molecule has 0 radical (unpaired) electrons. The van der Waals surface area contributed by atoms with Crippen LogP contribution < -0.4 is 5.32 Å². The van der Waals surface area contributed by atoms with Crippen molar-refractivity contribution >= 4 is 23.2 Å². The molecule has 1 unspecified atom stereocenters. The van der Waals surface area contributed by atoms with E-state index >= 15 is 0 Å².